The van der Waals surface area contributed by atoms with Crippen LogP contribution < -0.4 is 10.2 Å². The van der Waals surface area contributed by atoms with Gasteiger partial charge in [0.2, 0.25) is 0 Å². The molecule has 2 nitrogen and oxygen atoms in total. The number of para-hydroxylation sites is 1. The van der Waals surface area contributed by atoms with Crippen LogP contribution in [0.1, 0.15) is 18.1 Å². The van der Waals surface area contributed by atoms with Crippen molar-refractivity contribution in [2.24, 2.45) is 0 Å². The van der Waals surface area contributed by atoms with E-state index in [9.17, 15) is 4.39 Å². The molecule has 1 aliphatic heterocycles. The predicted molar refractivity (Wildman–Crippen MR) is 85.1 cm³/mol. The summed E-state index contributed by atoms with van der Waals surface area (Å²) < 4.78 is 13.9. The first-order chi connectivity index (χ1) is 10.3. The number of hydrogen-bond donors (Lipinski definition) is 1. The number of halogens is 1. The number of nitrogens with zero attached hydrogens (tertiary/aromatic N) is 1. The molecule has 1 heterocycles. The van der Waals surface area contributed by atoms with E-state index >= 15 is 0 Å². The zero-order chi connectivity index (χ0) is 14.7. The van der Waals surface area contributed by atoms with E-state index in [-0.39, 0.29) is 11.9 Å². The Hall–Kier alpha value is -1.87. The molecule has 0 radical (unpaired) electrons. The first-order valence-electron chi connectivity index (χ1n) is 7.54. The quantitative estimate of drug-likeness (QED) is 0.929. The van der Waals surface area contributed by atoms with Crippen molar-refractivity contribution in [3.63, 3.8) is 0 Å². The number of nitrogens with one attached hydrogen (secondary N) is 1. The van der Waals surface area contributed by atoms with Crippen molar-refractivity contribution >= 4 is 5.69 Å². The fourth-order valence-corrected chi connectivity index (χ4v) is 3.03. The maximum atomic E-state index is 13.9. The summed E-state index contributed by atoms with van der Waals surface area (Å²) in [5.74, 6) is -0.106. The second-order valence-electron chi connectivity index (χ2n) is 5.64. The lowest BCUT2D eigenvalue weighted by molar-refractivity contribution is 0.573. The van der Waals surface area contributed by atoms with Gasteiger partial charge in [0.05, 0.1) is 0 Å². The highest BCUT2D eigenvalue weighted by Crippen LogP contribution is 2.25. The highest BCUT2D eigenvalue weighted by Gasteiger charge is 2.20. The van der Waals surface area contributed by atoms with Gasteiger partial charge in [-0.3, -0.25) is 0 Å². The van der Waals surface area contributed by atoms with Crippen molar-refractivity contribution < 1.29 is 4.39 Å². The second kappa shape index (κ2) is 6.27. The van der Waals surface area contributed by atoms with Crippen LogP contribution in [0.2, 0.25) is 0 Å². The molecule has 0 aromatic heterocycles. The van der Waals surface area contributed by atoms with Gasteiger partial charge in [0, 0.05) is 31.4 Å². The molecule has 3 rings (SSSR count). The Labute approximate surface area is 125 Å². The van der Waals surface area contributed by atoms with Crippen molar-refractivity contribution in [1.82, 2.24) is 5.32 Å². The third kappa shape index (κ3) is 3.08. The molecule has 0 fully saturated rings. The summed E-state index contributed by atoms with van der Waals surface area (Å²) in [6, 6.07) is 15.8. The molecule has 21 heavy (non-hydrogen) atoms. The Morgan fingerprint density at radius 1 is 1.14 bits per heavy atom. The van der Waals surface area contributed by atoms with Crippen LogP contribution in [0, 0.1) is 5.82 Å². The van der Waals surface area contributed by atoms with Crippen LogP contribution >= 0.6 is 0 Å². The Balaban J connectivity index is 1.84. The van der Waals surface area contributed by atoms with Crippen LogP contribution in [0.25, 0.3) is 0 Å². The van der Waals surface area contributed by atoms with Gasteiger partial charge >= 0.3 is 0 Å². The summed E-state index contributed by atoms with van der Waals surface area (Å²) in [4.78, 5) is 2.39. The minimum Gasteiger partial charge on any atom is -0.367 e. The molecule has 2 aromatic rings. The summed E-state index contributed by atoms with van der Waals surface area (Å²) in [6.45, 7) is 4.98. The molecule has 1 unspecified atom stereocenters. The number of fused-ring (bicyclic) bond motifs is 1. The lowest BCUT2D eigenvalue weighted by atomic mass is 10.0. The Morgan fingerprint density at radius 2 is 1.90 bits per heavy atom. The minimum absolute atomic E-state index is 0.106. The molecule has 0 bridgehead atoms. The van der Waals surface area contributed by atoms with Crippen LogP contribution in [-0.2, 0) is 13.0 Å². The normalized spacial score (nSPS) is 16.2. The highest BCUT2D eigenvalue weighted by molar-refractivity contribution is 5.55. The van der Waals surface area contributed by atoms with Gasteiger partial charge in [0.25, 0.3) is 0 Å². The number of benzene rings is 2. The number of rotatable bonds is 3. The van der Waals surface area contributed by atoms with Crippen molar-refractivity contribution in [1.29, 1.82) is 0 Å². The van der Waals surface area contributed by atoms with Crippen LogP contribution in [0.5, 0.6) is 0 Å². The van der Waals surface area contributed by atoms with Gasteiger partial charge in [-0.05, 0) is 36.6 Å². The van der Waals surface area contributed by atoms with Crippen LogP contribution in [0.4, 0.5) is 10.1 Å². The largest absolute Gasteiger partial charge is 0.367 e. The van der Waals surface area contributed by atoms with Gasteiger partial charge in [-0.1, -0.05) is 36.4 Å². The average molecular weight is 284 g/mol. The molecule has 1 N–H and O–H groups in total. The standard InChI is InChI=1S/C18H21FN2/c1-14(12-15-6-2-4-8-17(15)19)21-11-10-20-13-16-7-3-5-9-18(16)21/h2-9,14,20H,10-13H2,1H3. The fourth-order valence-electron chi connectivity index (χ4n) is 3.03. The van der Waals surface area contributed by atoms with Crippen LogP contribution in [-0.4, -0.2) is 19.1 Å². The Morgan fingerprint density at radius 3 is 2.76 bits per heavy atom. The van der Waals surface area contributed by atoms with Gasteiger partial charge in [0.15, 0.2) is 0 Å². The van der Waals surface area contributed by atoms with Gasteiger partial charge in [-0.2, -0.15) is 0 Å². The molecule has 0 saturated heterocycles. The summed E-state index contributed by atoms with van der Waals surface area (Å²) >= 11 is 0. The highest BCUT2D eigenvalue weighted by atomic mass is 19.1. The van der Waals surface area contributed by atoms with Gasteiger partial charge in [-0.25, -0.2) is 4.39 Å². The van der Waals surface area contributed by atoms with E-state index in [1.165, 1.54) is 11.3 Å². The molecule has 0 spiro atoms. The third-order valence-corrected chi connectivity index (χ3v) is 4.15. The zero-order valence-corrected chi connectivity index (χ0v) is 12.3. The predicted octanol–water partition coefficient (Wildman–Crippen LogP) is 3.37. The minimum atomic E-state index is -0.106. The molecule has 0 amide bonds. The molecule has 1 atom stereocenters. The van der Waals surface area contributed by atoms with E-state index in [1.54, 1.807) is 12.1 Å². The summed E-state index contributed by atoms with van der Waals surface area (Å²) in [6.07, 6.45) is 0.723. The number of anilines is 1. The maximum Gasteiger partial charge on any atom is 0.126 e. The topological polar surface area (TPSA) is 15.3 Å². The number of hydrogen-bond acceptors (Lipinski definition) is 2. The van der Waals surface area contributed by atoms with E-state index in [2.05, 4.69) is 41.4 Å². The van der Waals surface area contributed by atoms with Crippen molar-refractivity contribution in [2.75, 3.05) is 18.0 Å². The van der Waals surface area contributed by atoms with Crippen molar-refractivity contribution in [3.05, 3.63) is 65.5 Å². The van der Waals surface area contributed by atoms with E-state index in [4.69, 9.17) is 0 Å². The average Bonchev–Trinajstić information content (AvgIpc) is 2.72. The molecule has 0 aliphatic carbocycles. The van der Waals surface area contributed by atoms with E-state index in [0.717, 1.165) is 31.6 Å². The smallest absolute Gasteiger partial charge is 0.126 e. The Kier molecular flexibility index (Phi) is 4.20. The summed E-state index contributed by atoms with van der Waals surface area (Å²) in [7, 11) is 0. The van der Waals surface area contributed by atoms with Gasteiger partial charge in [-0.15, -0.1) is 0 Å². The molecular formula is C18H21FN2. The lowest BCUT2D eigenvalue weighted by Gasteiger charge is -2.31. The fraction of sp³-hybridized carbons (Fsp3) is 0.333. The van der Waals surface area contributed by atoms with E-state index < -0.39 is 0 Å². The van der Waals surface area contributed by atoms with E-state index in [1.807, 2.05) is 12.1 Å². The van der Waals surface area contributed by atoms with Gasteiger partial charge in [0.1, 0.15) is 5.82 Å². The van der Waals surface area contributed by atoms with Crippen molar-refractivity contribution in [3.8, 4) is 0 Å². The molecular weight excluding hydrogens is 263 g/mol. The first-order valence-corrected chi connectivity index (χ1v) is 7.54. The SMILES string of the molecule is CC(Cc1ccccc1F)N1CCNCc2ccccc21. The molecule has 3 heteroatoms. The molecule has 0 saturated carbocycles. The first kappa shape index (κ1) is 14.1. The lowest BCUT2D eigenvalue weighted by Crippen LogP contribution is -2.38. The van der Waals surface area contributed by atoms with E-state index in [0.29, 0.717) is 0 Å². The van der Waals surface area contributed by atoms with Crippen LogP contribution in [0.15, 0.2) is 48.5 Å². The third-order valence-electron chi connectivity index (χ3n) is 4.15. The molecule has 110 valence electrons. The van der Waals surface area contributed by atoms with Crippen molar-refractivity contribution in [2.45, 2.75) is 25.9 Å². The maximum absolute atomic E-state index is 13.9. The zero-order valence-electron chi connectivity index (χ0n) is 12.3. The molecule has 1 aliphatic rings. The van der Waals surface area contributed by atoms with Gasteiger partial charge < -0.3 is 10.2 Å². The Bertz CT molecular complexity index is 612. The second-order valence-corrected chi connectivity index (χ2v) is 5.64. The molecule has 2 aromatic carbocycles. The van der Waals surface area contributed by atoms with Crippen LogP contribution in [0.3, 0.4) is 0 Å². The summed E-state index contributed by atoms with van der Waals surface area (Å²) in [5.41, 5.74) is 3.38. The summed E-state index contributed by atoms with van der Waals surface area (Å²) in [5, 5.41) is 3.45. The monoisotopic (exact) mass is 284 g/mol.